The molecule has 6 aromatic heterocycles. The average molecular weight is 743 g/mol. The van der Waals surface area contributed by atoms with Gasteiger partial charge in [-0.2, -0.15) is 9.61 Å². The van der Waals surface area contributed by atoms with Crippen molar-refractivity contribution in [3.63, 3.8) is 0 Å². The second kappa shape index (κ2) is 15.4. The highest BCUT2D eigenvalue weighted by molar-refractivity contribution is 7.32. The van der Waals surface area contributed by atoms with Crippen LogP contribution >= 0.6 is 45.3 Å². The van der Waals surface area contributed by atoms with E-state index in [1.807, 2.05) is 15.9 Å². The van der Waals surface area contributed by atoms with E-state index >= 15 is 0 Å². The number of hydrogen-bond acceptors (Lipinski definition) is 7. The summed E-state index contributed by atoms with van der Waals surface area (Å²) in [5.74, 6) is 0.839. The van der Waals surface area contributed by atoms with Crippen LogP contribution in [-0.4, -0.2) is 27.9 Å². The number of aromatic nitrogens is 4. The Morgan fingerprint density at radius 3 is 1.98 bits per heavy atom. The van der Waals surface area contributed by atoms with Crippen LogP contribution in [0.2, 0.25) is 12.1 Å². The molecule has 0 amide bonds. The Balaban J connectivity index is 1.19. The van der Waals surface area contributed by atoms with E-state index in [1.54, 1.807) is 31.5 Å². The van der Waals surface area contributed by atoms with Crippen molar-refractivity contribution in [3.8, 4) is 30.2 Å². The minimum atomic E-state index is -1.83. The van der Waals surface area contributed by atoms with Crippen LogP contribution in [0, 0.1) is 20.8 Å². The van der Waals surface area contributed by atoms with Gasteiger partial charge in [-0.05, 0) is 85.7 Å². The Bertz CT molecular complexity index is 2060. The summed E-state index contributed by atoms with van der Waals surface area (Å²) in [6.45, 7) is 11.2. The topological polar surface area (TPSA) is 43.1 Å². The number of unbranched alkanes of at least 4 members (excludes halogenated alkanes) is 10. The SMILES string of the molecule is CCCCCCCC[Si]1(CCCCCCCC)c2cc(C)sc2-c2sc(-c3ccc(-c4nnc5/c(=C/c6ccc(C)s6)c(C)nn45)s3)cc21. The van der Waals surface area contributed by atoms with E-state index in [-0.39, 0.29) is 0 Å². The second-order valence-corrected chi connectivity index (χ2v) is 23.0. The third-order valence-corrected chi connectivity index (χ3v) is 20.6. The van der Waals surface area contributed by atoms with E-state index in [2.05, 4.69) is 110 Å². The van der Waals surface area contributed by atoms with Crippen molar-refractivity contribution in [1.29, 1.82) is 0 Å². The Morgan fingerprint density at radius 1 is 0.633 bits per heavy atom. The molecule has 49 heavy (non-hydrogen) atoms. The van der Waals surface area contributed by atoms with Gasteiger partial charge in [0.1, 0.15) is 8.07 Å². The lowest BCUT2D eigenvalue weighted by molar-refractivity contribution is 0.616. The lowest BCUT2D eigenvalue weighted by Gasteiger charge is -2.29. The Hall–Kier alpha value is -2.43. The zero-order chi connectivity index (χ0) is 34.0. The number of fused-ring (bicyclic) bond motifs is 4. The molecule has 258 valence electrons. The minimum absolute atomic E-state index is 0.837. The highest BCUT2D eigenvalue weighted by Crippen LogP contribution is 2.47. The fraction of sp³-hybridized carbons (Fsp3) is 0.475. The van der Waals surface area contributed by atoms with Crippen molar-refractivity contribution < 1.29 is 0 Å². The molecule has 0 unspecified atom stereocenters. The molecule has 0 N–H and O–H groups in total. The molecule has 7 heterocycles. The molecular formula is C40H50N4S4Si. The van der Waals surface area contributed by atoms with Crippen molar-refractivity contribution in [2.75, 3.05) is 0 Å². The molecule has 0 bridgehead atoms. The van der Waals surface area contributed by atoms with Gasteiger partial charge < -0.3 is 0 Å². The zero-order valence-electron chi connectivity index (χ0n) is 29.9. The van der Waals surface area contributed by atoms with Crippen molar-refractivity contribution in [2.24, 2.45) is 0 Å². The van der Waals surface area contributed by atoms with Gasteiger partial charge in [0.25, 0.3) is 0 Å². The second-order valence-electron chi connectivity index (χ2n) is 14.1. The molecule has 0 saturated heterocycles. The van der Waals surface area contributed by atoms with Crippen LogP contribution in [0.15, 0.2) is 36.4 Å². The molecule has 0 spiro atoms. The van der Waals surface area contributed by atoms with E-state index in [0.29, 0.717) is 0 Å². The molecule has 0 radical (unpaired) electrons. The highest BCUT2D eigenvalue weighted by atomic mass is 32.1. The molecule has 0 saturated carbocycles. The van der Waals surface area contributed by atoms with Crippen LogP contribution < -0.4 is 15.6 Å². The summed E-state index contributed by atoms with van der Waals surface area (Å²) in [5, 5.41) is 18.8. The van der Waals surface area contributed by atoms with E-state index in [1.165, 1.54) is 114 Å². The first-order valence-corrected chi connectivity index (χ1v) is 24.3. The lowest BCUT2D eigenvalue weighted by atomic mass is 10.1. The fourth-order valence-corrected chi connectivity index (χ4v) is 19.0. The molecule has 4 nitrogen and oxygen atoms in total. The molecular weight excluding hydrogens is 693 g/mol. The third-order valence-electron chi connectivity index (χ3n) is 10.4. The summed E-state index contributed by atoms with van der Waals surface area (Å²) in [7, 11) is -1.83. The van der Waals surface area contributed by atoms with Gasteiger partial charge in [0.15, 0.2) is 11.5 Å². The monoisotopic (exact) mass is 742 g/mol. The largest absolute Gasteiger partial charge is 0.195 e. The molecule has 7 rings (SSSR count). The third kappa shape index (κ3) is 7.07. The predicted molar refractivity (Wildman–Crippen MR) is 219 cm³/mol. The molecule has 1 aliphatic heterocycles. The predicted octanol–water partition coefficient (Wildman–Crippen LogP) is 11.4. The standard InChI is InChI=1S/C40H50N4S4Si/c1-6-8-10-12-14-16-22-49(23-17-15-13-11-9-7-2)35-24-28(4)46-37(35)38-36(49)26-34(48-38)32-20-21-33(47-32)40-42-41-39-31(29(5)43-44(39)40)25-30-19-18-27(3)45-30/h18-21,24-26H,6-17,22-23H2,1-5H3/b31-25+. The first-order chi connectivity index (χ1) is 23.9. The molecule has 0 fully saturated rings. The summed E-state index contributed by atoms with van der Waals surface area (Å²) in [6.07, 6.45) is 18.7. The van der Waals surface area contributed by atoms with Crippen molar-refractivity contribution in [3.05, 3.63) is 61.9 Å². The molecule has 1 aliphatic rings. The fourth-order valence-electron chi connectivity index (χ4n) is 7.79. The van der Waals surface area contributed by atoms with Crippen molar-refractivity contribution in [1.82, 2.24) is 19.8 Å². The number of thiophene rings is 4. The number of aryl methyl sites for hydroxylation is 3. The Labute approximate surface area is 309 Å². The first kappa shape index (κ1) is 35.0. The van der Waals surface area contributed by atoms with Crippen LogP contribution in [-0.2, 0) is 0 Å². The van der Waals surface area contributed by atoms with Crippen LogP contribution in [0.5, 0.6) is 0 Å². The van der Waals surface area contributed by atoms with Crippen LogP contribution in [0.3, 0.4) is 0 Å². The maximum Gasteiger partial charge on any atom is 0.195 e. The van der Waals surface area contributed by atoms with E-state index < -0.39 is 8.07 Å². The summed E-state index contributed by atoms with van der Waals surface area (Å²) < 4.78 is 1.95. The van der Waals surface area contributed by atoms with Gasteiger partial charge in [0.2, 0.25) is 0 Å². The molecule has 9 heteroatoms. The van der Waals surface area contributed by atoms with Crippen LogP contribution in [0.25, 0.3) is 41.9 Å². The molecule has 0 aromatic carbocycles. The van der Waals surface area contributed by atoms with Crippen molar-refractivity contribution in [2.45, 2.75) is 124 Å². The average Bonchev–Trinajstić information content (AvgIpc) is 3.94. The quantitative estimate of drug-likeness (QED) is 0.0690. The first-order valence-electron chi connectivity index (χ1n) is 18.6. The summed E-state index contributed by atoms with van der Waals surface area (Å²) in [5.41, 5.74) is 1.83. The minimum Gasteiger partial charge on any atom is -0.191 e. The van der Waals surface area contributed by atoms with E-state index in [4.69, 9.17) is 5.10 Å². The lowest BCUT2D eigenvalue weighted by Crippen LogP contribution is -2.54. The maximum absolute atomic E-state index is 4.91. The van der Waals surface area contributed by atoms with Crippen LogP contribution in [0.4, 0.5) is 0 Å². The molecule has 0 atom stereocenters. The smallest absolute Gasteiger partial charge is 0.191 e. The maximum atomic E-state index is 4.91. The normalized spacial score (nSPS) is 14.0. The molecule has 6 aromatic rings. The molecule has 0 aliphatic carbocycles. The van der Waals surface area contributed by atoms with Gasteiger partial charge in [0, 0.05) is 39.4 Å². The Morgan fingerprint density at radius 2 is 1.29 bits per heavy atom. The number of rotatable bonds is 17. The summed E-state index contributed by atoms with van der Waals surface area (Å²) in [6, 6.07) is 17.0. The van der Waals surface area contributed by atoms with Gasteiger partial charge in [-0.3, -0.25) is 0 Å². The van der Waals surface area contributed by atoms with Gasteiger partial charge >= 0.3 is 0 Å². The number of nitrogens with zero attached hydrogens (tertiary/aromatic N) is 4. The van der Waals surface area contributed by atoms with Gasteiger partial charge in [0.05, 0.1) is 10.6 Å². The Kier molecular flexibility index (Phi) is 11.0. The summed E-state index contributed by atoms with van der Waals surface area (Å²) >= 11 is 7.74. The van der Waals surface area contributed by atoms with Crippen molar-refractivity contribution >= 4 is 75.5 Å². The van der Waals surface area contributed by atoms with Gasteiger partial charge in [-0.15, -0.1) is 55.5 Å². The van der Waals surface area contributed by atoms with E-state index in [0.717, 1.165) is 27.3 Å². The van der Waals surface area contributed by atoms with Gasteiger partial charge in [-0.25, -0.2) is 0 Å². The van der Waals surface area contributed by atoms with Crippen LogP contribution in [0.1, 0.15) is 111 Å². The van der Waals surface area contributed by atoms with E-state index in [9.17, 15) is 0 Å². The van der Waals surface area contributed by atoms with Gasteiger partial charge in [-0.1, -0.05) is 90.9 Å². The highest BCUT2D eigenvalue weighted by Gasteiger charge is 2.47. The number of hydrogen-bond donors (Lipinski definition) is 0. The zero-order valence-corrected chi connectivity index (χ0v) is 34.1. The summed E-state index contributed by atoms with van der Waals surface area (Å²) in [4.78, 5) is 11.1.